The molecule has 6 nitrogen and oxygen atoms in total. The average molecular weight is 390 g/mol. The molecule has 0 N–H and O–H groups in total. The van der Waals surface area contributed by atoms with Crippen molar-refractivity contribution in [2.75, 3.05) is 13.1 Å². The van der Waals surface area contributed by atoms with Gasteiger partial charge in [-0.1, -0.05) is 6.42 Å². The minimum Gasteiger partial charge on any atom is -0.490 e. The van der Waals surface area contributed by atoms with Crippen molar-refractivity contribution in [3.8, 4) is 11.4 Å². The van der Waals surface area contributed by atoms with Crippen molar-refractivity contribution >= 4 is 11.0 Å². The van der Waals surface area contributed by atoms with Crippen molar-refractivity contribution < 1.29 is 4.74 Å². The molecule has 3 aromatic rings. The number of benzene rings is 1. The van der Waals surface area contributed by atoms with Crippen molar-refractivity contribution in [2.24, 2.45) is 0 Å². The van der Waals surface area contributed by atoms with Crippen LogP contribution in [0.25, 0.3) is 16.7 Å². The Morgan fingerprint density at radius 1 is 1.03 bits per heavy atom. The first-order chi connectivity index (χ1) is 14.2. The Kier molecular flexibility index (Phi) is 4.79. The van der Waals surface area contributed by atoms with Crippen LogP contribution in [0.15, 0.2) is 47.4 Å². The van der Waals surface area contributed by atoms with Gasteiger partial charge in [0.25, 0.3) is 5.56 Å². The molecule has 5 rings (SSSR count). The molecule has 29 heavy (non-hydrogen) atoms. The average Bonchev–Trinajstić information content (AvgIpc) is 2.69. The van der Waals surface area contributed by atoms with Gasteiger partial charge in [-0.25, -0.2) is 9.97 Å². The smallest absolute Gasteiger partial charge is 0.284 e. The maximum absolute atomic E-state index is 12.9. The maximum Gasteiger partial charge on any atom is 0.284 e. The second-order valence-electron chi connectivity index (χ2n) is 8.10. The third-order valence-corrected chi connectivity index (χ3v) is 6.26. The lowest BCUT2D eigenvalue weighted by Gasteiger charge is -2.41. The fourth-order valence-corrected chi connectivity index (χ4v) is 4.41. The van der Waals surface area contributed by atoms with Gasteiger partial charge in [-0.3, -0.25) is 9.36 Å². The van der Waals surface area contributed by atoms with Crippen LogP contribution in [-0.2, 0) is 0 Å². The summed E-state index contributed by atoms with van der Waals surface area (Å²) in [4.78, 5) is 24.3. The number of ether oxygens (including phenoxy) is 1. The summed E-state index contributed by atoms with van der Waals surface area (Å²) in [5, 5.41) is 0. The number of aryl methyl sites for hydroxylation is 1. The van der Waals surface area contributed by atoms with Gasteiger partial charge in [-0.15, -0.1) is 0 Å². The normalized spacial score (nSPS) is 18.7. The van der Waals surface area contributed by atoms with Gasteiger partial charge in [0.05, 0.1) is 11.2 Å². The predicted octanol–water partition coefficient (Wildman–Crippen LogP) is 3.48. The molecule has 150 valence electrons. The van der Waals surface area contributed by atoms with Crippen LogP contribution in [0, 0.1) is 6.92 Å². The van der Waals surface area contributed by atoms with Crippen LogP contribution in [-0.4, -0.2) is 44.7 Å². The zero-order chi connectivity index (χ0) is 19.8. The third kappa shape index (κ3) is 3.53. The number of hydrogen-bond acceptors (Lipinski definition) is 5. The van der Waals surface area contributed by atoms with Crippen LogP contribution in [0.4, 0.5) is 0 Å². The topological polar surface area (TPSA) is 60.3 Å². The van der Waals surface area contributed by atoms with E-state index in [4.69, 9.17) is 4.74 Å². The van der Waals surface area contributed by atoms with Crippen molar-refractivity contribution in [1.82, 2.24) is 19.4 Å². The van der Waals surface area contributed by atoms with E-state index in [2.05, 4.69) is 14.9 Å². The van der Waals surface area contributed by atoms with Crippen LogP contribution >= 0.6 is 0 Å². The fourth-order valence-electron chi connectivity index (χ4n) is 4.41. The summed E-state index contributed by atoms with van der Waals surface area (Å²) in [6.07, 6.45) is 8.18. The van der Waals surface area contributed by atoms with Gasteiger partial charge < -0.3 is 9.64 Å². The molecule has 2 fully saturated rings. The molecule has 2 aliphatic rings. The summed E-state index contributed by atoms with van der Waals surface area (Å²) >= 11 is 0. The Morgan fingerprint density at radius 2 is 1.79 bits per heavy atom. The number of rotatable bonds is 4. The van der Waals surface area contributed by atoms with Crippen LogP contribution in [0.5, 0.6) is 5.75 Å². The van der Waals surface area contributed by atoms with Crippen molar-refractivity contribution in [1.29, 1.82) is 0 Å². The van der Waals surface area contributed by atoms with Crippen LogP contribution in [0.1, 0.15) is 37.9 Å². The van der Waals surface area contributed by atoms with E-state index in [1.165, 1.54) is 19.3 Å². The lowest BCUT2D eigenvalue weighted by molar-refractivity contribution is 0.0493. The number of pyridine rings is 1. The van der Waals surface area contributed by atoms with Gasteiger partial charge in [0.1, 0.15) is 17.7 Å². The number of hydrogen-bond donors (Lipinski definition) is 0. The quantitative estimate of drug-likeness (QED) is 0.683. The predicted molar refractivity (Wildman–Crippen MR) is 113 cm³/mol. The van der Waals surface area contributed by atoms with E-state index in [1.54, 1.807) is 16.8 Å². The molecule has 0 bridgehead atoms. The summed E-state index contributed by atoms with van der Waals surface area (Å²) in [6, 6.07) is 12.2. The van der Waals surface area contributed by atoms with E-state index in [0.29, 0.717) is 16.9 Å². The first kappa shape index (κ1) is 18.3. The van der Waals surface area contributed by atoms with Crippen molar-refractivity contribution in [2.45, 2.75) is 51.2 Å². The number of piperidine rings is 1. The minimum atomic E-state index is -0.148. The van der Waals surface area contributed by atoms with Gasteiger partial charge >= 0.3 is 0 Å². The molecule has 1 saturated heterocycles. The molecule has 2 aromatic heterocycles. The number of likely N-dealkylation sites (tertiary alicyclic amines) is 1. The molecule has 1 aliphatic carbocycles. The highest BCUT2D eigenvalue weighted by Gasteiger charge is 2.29. The number of nitrogens with zero attached hydrogens (tertiary/aromatic N) is 4. The third-order valence-electron chi connectivity index (χ3n) is 6.26. The van der Waals surface area contributed by atoms with Crippen LogP contribution in [0.3, 0.4) is 0 Å². The summed E-state index contributed by atoms with van der Waals surface area (Å²) in [6.45, 7) is 4.11. The highest BCUT2D eigenvalue weighted by Crippen LogP contribution is 2.28. The van der Waals surface area contributed by atoms with E-state index in [9.17, 15) is 4.79 Å². The number of aromatic nitrogens is 3. The molecule has 0 radical (unpaired) electrons. The molecule has 1 saturated carbocycles. The molecular weight excluding hydrogens is 364 g/mol. The molecule has 1 aliphatic heterocycles. The van der Waals surface area contributed by atoms with Gasteiger partial charge in [-0.05, 0) is 69.0 Å². The Labute approximate surface area is 170 Å². The summed E-state index contributed by atoms with van der Waals surface area (Å²) in [5.74, 6) is 1.50. The van der Waals surface area contributed by atoms with Crippen LogP contribution in [0.2, 0.25) is 0 Å². The van der Waals surface area contributed by atoms with Gasteiger partial charge in [0.15, 0.2) is 5.52 Å². The second kappa shape index (κ2) is 7.59. The lowest BCUT2D eigenvalue weighted by Crippen LogP contribution is -2.46. The molecule has 0 amide bonds. The van der Waals surface area contributed by atoms with Gasteiger partial charge in [0, 0.05) is 25.3 Å². The monoisotopic (exact) mass is 390 g/mol. The molecule has 0 spiro atoms. The van der Waals surface area contributed by atoms with E-state index in [1.807, 2.05) is 37.3 Å². The molecule has 0 atom stereocenters. The largest absolute Gasteiger partial charge is 0.490 e. The summed E-state index contributed by atoms with van der Waals surface area (Å²) in [7, 11) is 0. The molecule has 0 unspecified atom stereocenters. The Balaban J connectivity index is 1.31. The van der Waals surface area contributed by atoms with Crippen molar-refractivity contribution in [3.05, 3.63) is 58.8 Å². The first-order valence-corrected chi connectivity index (χ1v) is 10.5. The van der Waals surface area contributed by atoms with E-state index in [0.717, 1.165) is 43.4 Å². The highest BCUT2D eigenvalue weighted by molar-refractivity contribution is 5.73. The lowest BCUT2D eigenvalue weighted by atomic mass is 9.90. The zero-order valence-electron chi connectivity index (χ0n) is 16.8. The van der Waals surface area contributed by atoms with Crippen molar-refractivity contribution in [3.63, 3.8) is 0 Å². The van der Waals surface area contributed by atoms with Gasteiger partial charge in [0.2, 0.25) is 0 Å². The van der Waals surface area contributed by atoms with Crippen LogP contribution < -0.4 is 10.3 Å². The Bertz CT molecular complexity index is 1060. The first-order valence-electron chi connectivity index (χ1n) is 10.5. The summed E-state index contributed by atoms with van der Waals surface area (Å²) in [5.41, 5.74) is 1.64. The second-order valence-corrected chi connectivity index (χ2v) is 8.10. The maximum atomic E-state index is 12.9. The SMILES string of the molecule is Cc1nc2cccnc2c(=O)n1-c1ccc(OC2CCN(C3CCC3)CC2)cc1. The molecular formula is C23H26N4O2. The fraction of sp³-hybridized carbons (Fsp3) is 0.435. The van der Waals surface area contributed by atoms with E-state index >= 15 is 0 Å². The van der Waals surface area contributed by atoms with E-state index < -0.39 is 0 Å². The van der Waals surface area contributed by atoms with Gasteiger partial charge in [-0.2, -0.15) is 0 Å². The standard InChI is InChI=1S/C23H26N4O2/c1-16-25-21-6-3-13-24-22(21)23(28)27(16)18-7-9-19(10-8-18)29-20-11-14-26(15-12-20)17-4-2-5-17/h3,6-10,13,17,20H,2,4-5,11-12,14-15H2,1H3. The molecule has 6 heteroatoms. The van der Waals surface area contributed by atoms with E-state index in [-0.39, 0.29) is 11.7 Å². The minimum absolute atomic E-state index is 0.148. The highest BCUT2D eigenvalue weighted by atomic mass is 16.5. The Morgan fingerprint density at radius 3 is 2.48 bits per heavy atom. The molecule has 1 aromatic carbocycles. The summed E-state index contributed by atoms with van der Waals surface area (Å²) < 4.78 is 7.82. The zero-order valence-corrected chi connectivity index (χ0v) is 16.8. The number of fused-ring (bicyclic) bond motifs is 1. The molecule has 3 heterocycles. The Hall–Kier alpha value is -2.73.